The molecule has 0 aliphatic heterocycles. The van der Waals surface area contributed by atoms with Gasteiger partial charge in [0.05, 0.1) is 0 Å². The molecule has 0 atom stereocenters. The fraction of sp³-hybridized carbons (Fsp3) is 0.562. The van der Waals surface area contributed by atoms with Gasteiger partial charge in [-0.05, 0) is 50.7 Å². The first-order chi connectivity index (χ1) is 9.65. The number of nitrogens with two attached hydrogens (primary N) is 1. The van der Waals surface area contributed by atoms with Crippen LogP contribution in [-0.2, 0) is 4.79 Å². The van der Waals surface area contributed by atoms with Gasteiger partial charge >= 0.3 is 0 Å². The molecule has 0 unspecified atom stereocenters. The molecule has 0 spiro atoms. The second kappa shape index (κ2) is 9.37. The monoisotopic (exact) mass is 277 g/mol. The maximum absolute atomic E-state index is 11.8. The smallest absolute Gasteiger partial charge is 0.224 e. The summed E-state index contributed by atoms with van der Waals surface area (Å²) in [5.74, 6) is 0.0575. The van der Waals surface area contributed by atoms with Gasteiger partial charge in [0.15, 0.2) is 0 Å². The zero-order chi connectivity index (χ0) is 14.8. The molecule has 112 valence electrons. The quantitative estimate of drug-likeness (QED) is 0.682. The number of nitrogens with zero attached hydrogens (tertiary/aromatic N) is 1. The van der Waals surface area contributed by atoms with Crippen molar-refractivity contribution in [2.45, 2.75) is 39.5 Å². The van der Waals surface area contributed by atoms with Gasteiger partial charge in [-0.1, -0.05) is 26.3 Å². The van der Waals surface area contributed by atoms with Gasteiger partial charge in [-0.25, -0.2) is 0 Å². The average Bonchev–Trinajstić information content (AvgIpc) is 2.42. The summed E-state index contributed by atoms with van der Waals surface area (Å²) in [5, 5.41) is 2.88. The van der Waals surface area contributed by atoms with Crippen LogP contribution in [0.4, 0.5) is 11.4 Å². The molecule has 0 aliphatic carbocycles. The predicted molar refractivity (Wildman–Crippen MR) is 85.7 cm³/mol. The Morgan fingerprint density at radius 2 is 2.00 bits per heavy atom. The molecule has 1 amide bonds. The maximum Gasteiger partial charge on any atom is 0.224 e. The van der Waals surface area contributed by atoms with Gasteiger partial charge in [-0.3, -0.25) is 4.79 Å². The maximum atomic E-state index is 11.8. The third-order valence-corrected chi connectivity index (χ3v) is 3.32. The number of anilines is 2. The van der Waals surface area contributed by atoms with Gasteiger partial charge in [0.25, 0.3) is 0 Å². The summed E-state index contributed by atoms with van der Waals surface area (Å²) in [6.07, 6.45) is 3.89. The first kappa shape index (κ1) is 16.5. The topological polar surface area (TPSA) is 58.4 Å². The number of unbranched alkanes of at least 4 members (excludes halogenated alkanes) is 1. The Bertz CT molecular complexity index is 406. The number of hydrogen-bond donors (Lipinski definition) is 2. The number of carbonyl (C=O) groups is 1. The van der Waals surface area contributed by atoms with E-state index in [1.165, 1.54) is 12.8 Å². The lowest BCUT2D eigenvalue weighted by Crippen LogP contribution is -2.26. The highest BCUT2D eigenvalue weighted by Gasteiger charge is 2.05. The summed E-state index contributed by atoms with van der Waals surface area (Å²) in [5.41, 5.74) is 7.12. The van der Waals surface area contributed by atoms with Gasteiger partial charge in [-0.2, -0.15) is 0 Å². The number of carbonyl (C=O) groups excluding carboxylic acids is 1. The summed E-state index contributed by atoms with van der Waals surface area (Å²) in [7, 11) is 0. The summed E-state index contributed by atoms with van der Waals surface area (Å²) in [4.78, 5) is 14.2. The van der Waals surface area contributed by atoms with Gasteiger partial charge in [0, 0.05) is 17.8 Å². The number of hydrogen-bond acceptors (Lipinski definition) is 3. The second-order valence-corrected chi connectivity index (χ2v) is 5.07. The van der Waals surface area contributed by atoms with E-state index in [2.05, 4.69) is 24.1 Å². The molecule has 0 radical (unpaired) electrons. The summed E-state index contributed by atoms with van der Waals surface area (Å²) < 4.78 is 0. The fourth-order valence-electron chi connectivity index (χ4n) is 2.11. The Balaban J connectivity index is 2.25. The first-order valence-corrected chi connectivity index (χ1v) is 7.53. The largest absolute Gasteiger partial charge is 0.399 e. The number of amides is 1. The molecule has 1 aromatic carbocycles. The van der Waals surface area contributed by atoms with Gasteiger partial charge in [0.2, 0.25) is 5.91 Å². The zero-order valence-corrected chi connectivity index (χ0v) is 12.7. The number of rotatable bonds is 9. The van der Waals surface area contributed by atoms with Crippen LogP contribution in [0.15, 0.2) is 24.3 Å². The molecule has 0 saturated heterocycles. The summed E-state index contributed by atoms with van der Waals surface area (Å²) in [6, 6.07) is 7.28. The number of nitrogen functional groups attached to an aromatic ring is 1. The highest BCUT2D eigenvalue weighted by atomic mass is 16.1. The third kappa shape index (κ3) is 6.57. The van der Waals surface area contributed by atoms with Crippen molar-refractivity contribution < 1.29 is 4.79 Å². The molecular weight excluding hydrogens is 250 g/mol. The number of nitrogens with one attached hydrogen (secondary N) is 1. The molecule has 0 fully saturated rings. The minimum atomic E-state index is 0.0575. The SMILES string of the molecule is CCCCN(CC)CCCC(=O)Nc1cccc(N)c1. The van der Waals surface area contributed by atoms with Crippen molar-refractivity contribution in [3.63, 3.8) is 0 Å². The lowest BCUT2D eigenvalue weighted by Gasteiger charge is -2.19. The van der Waals surface area contributed by atoms with E-state index < -0.39 is 0 Å². The molecule has 4 heteroatoms. The van der Waals surface area contributed by atoms with Crippen molar-refractivity contribution in [3.8, 4) is 0 Å². The average molecular weight is 277 g/mol. The minimum absolute atomic E-state index is 0.0575. The molecule has 0 aliphatic rings. The number of benzene rings is 1. The van der Waals surface area contributed by atoms with Crippen LogP contribution in [0.1, 0.15) is 39.5 Å². The second-order valence-electron chi connectivity index (χ2n) is 5.07. The van der Waals surface area contributed by atoms with Gasteiger partial charge < -0.3 is 16.0 Å². The normalized spacial score (nSPS) is 10.8. The van der Waals surface area contributed by atoms with Crippen LogP contribution in [0.2, 0.25) is 0 Å². The van der Waals surface area contributed by atoms with E-state index in [0.29, 0.717) is 12.1 Å². The summed E-state index contributed by atoms with van der Waals surface area (Å²) >= 11 is 0. The standard InChI is InChI=1S/C16H27N3O/c1-3-5-11-19(4-2)12-7-10-16(20)18-15-9-6-8-14(17)13-15/h6,8-9,13H,3-5,7,10-12,17H2,1-2H3,(H,18,20). The minimum Gasteiger partial charge on any atom is -0.399 e. The van der Waals surface area contributed by atoms with Crippen LogP contribution < -0.4 is 11.1 Å². The zero-order valence-electron chi connectivity index (χ0n) is 12.7. The van der Waals surface area contributed by atoms with Crippen molar-refractivity contribution in [1.82, 2.24) is 4.90 Å². The van der Waals surface area contributed by atoms with Crippen LogP contribution in [0, 0.1) is 0 Å². The van der Waals surface area contributed by atoms with Crippen molar-refractivity contribution >= 4 is 17.3 Å². The molecule has 0 saturated carbocycles. The van der Waals surface area contributed by atoms with Crippen LogP contribution >= 0.6 is 0 Å². The van der Waals surface area contributed by atoms with Crippen LogP contribution in [0.3, 0.4) is 0 Å². The Kier molecular flexibility index (Phi) is 7.73. The molecular formula is C16H27N3O. The molecule has 0 bridgehead atoms. The van der Waals surface area contributed by atoms with Gasteiger partial charge in [-0.15, -0.1) is 0 Å². The Morgan fingerprint density at radius 3 is 2.65 bits per heavy atom. The first-order valence-electron chi connectivity index (χ1n) is 7.53. The van der Waals surface area contributed by atoms with E-state index in [9.17, 15) is 4.79 Å². The Morgan fingerprint density at radius 1 is 1.25 bits per heavy atom. The molecule has 20 heavy (non-hydrogen) atoms. The molecule has 1 aromatic rings. The van der Waals surface area contributed by atoms with Gasteiger partial charge in [0.1, 0.15) is 0 Å². The highest BCUT2D eigenvalue weighted by molar-refractivity contribution is 5.91. The highest BCUT2D eigenvalue weighted by Crippen LogP contribution is 2.12. The van der Waals surface area contributed by atoms with E-state index in [1.807, 2.05) is 18.2 Å². The van der Waals surface area contributed by atoms with Crippen LogP contribution in [0.5, 0.6) is 0 Å². The van der Waals surface area contributed by atoms with Crippen molar-refractivity contribution in [2.24, 2.45) is 0 Å². The molecule has 4 nitrogen and oxygen atoms in total. The van der Waals surface area contributed by atoms with Crippen LogP contribution in [0.25, 0.3) is 0 Å². The fourth-order valence-corrected chi connectivity index (χ4v) is 2.11. The van der Waals surface area contributed by atoms with E-state index in [-0.39, 0.29) is 5.91 Å². The summed E-state index contributed by atoms with van der Waals surface area (Å²) in [6.45, 7) is 7.54. The predicted octanol–water partition coefficient (Wildman–Crippen LogP) is 3.11. The van der Waals surface area contributed by atoms with Crippen molar-refractivity contribution in [2.75, 3.05) is 30.7 Å². The van der Waals surface area contributed by atoms with E-state index in [4.69, 9.17) is 5.73 Å². The van der Waals surface area contributed by atoms with E-state index >= 15 is 0 Å². The molecule has 0 heterocycles. The van der Waals surface area contributed by atoms with E-state index in [1.54, 1.807) is 6.07 Å². The van der Waals surface area contributed by atoms with Crippen molar-refractivity contribution in [1.29, 1.82) is 0 Å². The lowest BCUT2D eigenvalue weighted by atomic mass is 10.2. The van der Waals surface area contributed by atoms with E-state index in [0.717, 1.165) is 31.7 Å². The molecule has 3 N–H and O–H groups in total. The third-order valence-electron chi connectivity index (χ3n) is 3.32. The Labute approximate surface area is 122 Å². The van der Waals surface area contributed by atoms with Crippen LogP contribution in [-0.4, -0.2) is 30.4 Å². The molecule has 0 aromatic heterocycles. The lowest BCUT2D eigenvalue weighted by molar-refractivity contribution is -0.116. The Hall–Kier alpha value is -1.55. The van der Waals surface area contributed by atoms with Crippen molar-refractivity contribution in [3.05, 3.63) is 24.3 Å². The molecule has 1 rings (SSSR count).